The Bertz CT molecular complexity index is 301. The molecule has 1 aromatic carbocycles. The van der Waals surface area contributed by atoms with Crippen LogP contribution in [0.25, 0.3) is 0 Å². The van der Waals surface area contributed by atoms with E-state index in [1.807, 2.05) is 12.1 Å². The second-order valence-corrected chi connectivity index (χ2v) is 4.70. The van der Waals surface area contributed by atoms with Gasteiger partial charge < -0.3 is 5.32 Å². The smallest absolute Gasteiger partial charge is 0.0548 e. The highest BCUT2D eigenvalue weighted by Gasteiger charge is 2.01. The molecule has 0 aromatic heterocycles. The van der Waals surface area contributed by atoms with Crippen molar-refractivity contribution < 1.29 is 0 Å². The molecular formula is C11H15BrClN. The summed E-state index contributed by atoms with van der Waals surface area (Å²) in [5.41, 5.74) is 1.25. The Morgan fingerprint density at radius 1 is 1.50 bits per heavy atom. The van der Waals surface area contributed by atoms with Gasteiger partial charge in [-0.05, 0) is 47.0 Å². The Kier molecular flexibility index (Phi) is 4.93. The molecule has 1 N–H and O–H groups in total. The molecule has 0 saturated heterocycles. The van der Waals surface area contributed by atoms with Gasteiger partial charge in [0.15, 0.2) is 0 Å². The third kappa shape index (κ3) is 3.60. The summed E-state index contributed by atoms with van der Waals surface area (Å²) in [5, 5.41) is 4.19. The molecule has 0 heterocycles. The van der Waals surface area contributed by atoms with Crippen LogP contribution in [-0.2, 0) is 6.54 Å². The Hall–Kier alpha value is -0.0500. The highest BCUT2D eigenvalue weighted by Crippen LogP contribution is 2.23. The number of hydrogen-bond acceptors (Lipinski definition) is 1. The summed E-state index contributed by atoms with van der Waals surface area (Å²) >= 11 is 9.31. The fourth-order valence-corrected chi connectivity index (χ4v) is 1.63. The number of hydrogen-bond donors (Lipinski definition) is 1. The Morgan fingerprint density at radius 3 is 2.79 bits per heavy atom. The molecule has 1 rings (SSSR count). The maximum atomic E-state index is 5.90. The van der Waals surface area contributed by atoms with Crippen LogP contribution in [0.15, 0.2) is 22.7 Å². The zero-order valence-corrected chi connectivity index (χ0v) is 10.8. The predicted octanol–water partition coefficient (Wildman–Crippen LogP) is 3.99. The largest absolute Gasteiger partial charge is 0.310 e. The summed E-state index contributed by atoms with van der Waals surface area (Å²) in [7, 11) is 0. The normalized spacial score (nSPS) is 12.9. The van der Waals surface area contributed by atoms with Gasteiger partial charge in [0.2, 0.25) is 0 Å². The highest BCUT2D eigenvalue weighted by atomic mass is 79.9. The minimum absolute atomic E-state index is 0.560. The fraction of sp³-hybridized carbons (Fsp3) is 0.455. The van der Waals surface area contributed by atoms with Gasteiger partial charge >= 0.3 is 0 Å². The standard InChI is InChI=1S/C11H15BrClN/c1-3-8(2)14-7-9-4-5-11(13)10(12)6-9/h4-6,8,14H,3,7H2,1-2H3/t8-/m1/s1. The van der Waals surface area contributed by atoms with Gasteiger partial charge in [0.25, 0.3) is 0 Å². The van der Waals surface area contributed by atoms with Crippen LogP contribution in [0.2, 0.25) is 5.02 Å². The number of nitrogens with one attached hydrogen (secondary N) is 1. The van der Waals surface area contributed by atoms with Crippen molar-refractivity contribution in [3.8, 4) is 0 Å². The third-order valence-corrected chi connectivity index (χ3v) is 3.46. The molecule has 1 atom stereocenters. The maximum Gasteiger partial charge on any atom is 0.0548 e. The quantitative estimate of drug-likeness (QED) is 0.877. The summed E-state index contributed by atoms with van der Waals surface area (Å²) in [5.74, 6) is 0. The van der Waals surface area contributed by atoms with Crippen molar-refractivity contribution in [2.45, 2.75) is 32.9 Å². The van der Waals surface area contributed by atoms with E-state index in [0.29, 0.717) is 6.04 Å². The first-order valence-electron chi connectivity index (χ1n) is 4.80. The van der Waals surface area contributed by atoms with Crippen molar-refractivity contribution in [2.75, 3.05) is 0 Å². The maximum absolute atomic E-state index is 5.90. The van der Waals surface area contributed by atoms with Gasteiger partial charge in [0.05, 0.1) is 5.02 Å². The van der Waals surface area contributed by atoms with E-state index in [9.17, 15) is 0 Å². The van der Waals surface area contributed by atoms with Gasteiger partial charge in [0.1, 0.15) is 0 Å². The minimum Gasteiger partial charge on any atom is -0.310 e. The lowest BCUT2D eigenvalue weighted by Gasteiger charge is -2.11. The number of rotatable bonds is 4. The summed E-state index contributed by atoms with van der Waals surface area (Å²) in [6, 6.07) is 6.57. The SMILES string of the molecule is CC[C@@H](C)NCc1ccc(Cl)c(Br)c1. The van der Waals surface area contributed by atoms with Crippen LogP contribution in [0.4, 0.5) is 0 Å². The molecule has 0 radical (unpaired) electrons. The van der Waals surface area contributed by atoms with Gasteiger partial charge in [-0.15, -0.1) is 0 Å². The summed E-state index contributed by atoms with van der Waals surface area (Å²) in [6.45, 7) is 5.26. The van der Waals surface area contributed by atoms with Gasteiger partial charge in [-0.1, -0.05) is 24.6 Å². The van der Waals surface area contributed by atoms with Gasteiger partial charge in [-0.3, -0.25) is 0 Å². The van der Waals surface area contributed by atoms with Crippen LogP contribution in [-0.4, -0.2) is 6.04 Å². The molecular weight excluding hydrogens is 261 g/mol. The molecule has 3 heteroatoms. The highest BCUT2D eigenvalue weighted by molar-refractivity contribution is 9.10. The monoisotopic (exact) mass is 275 g/mol. The van der Waals surface area contributed by atoms with Crippen LogP contribution in [0, 0.1) is 0 Å². The summed E-state index contributed by atoms with van der Waals surface area (Å²) < 4.78 is 0.961. The predicted molar refractivity (Wildman–Crippen MR) is 65.7 cm³/mol. The van der Waals surface area contributed by atoms with E-state index < -0.39 is 0 Å². The zero-order chi connectivity index (χ0) is 10.6. The Balaban J connectivity index is 2.55. The summed E-state index contributed by atoms with van der Waals surface area (Å²) in [4.78, 5) is 0. The van der Waals surface area contributed by atoms with Crippen molar-refractivity contribution in [1.29, 1.82) is 0 Å². The van der Waals surface area contributed by atoms with E-state index in [1.165, 1.54) is 5.56 Å². The van der Waals surface area contributed by atoms with E-state index in [0.717, 1.165) is 22.5 Å². The Labute approximate surface area is 99.0 Å². The van der Waals surface area contributed by atoms with Crippen molar-refractivity contribution >= 4 is 27.5 Å². The molecule has 0 spiro atoms. The van der Waals surface area contributed by atoms with Crippen LogP contribution in [0.5, 0.6) is 0 Å². The molecule has 0 saturated carbocycles. The molecule has 0 unspecified atom stereocenters. The van der Waals surface area contributed by atoms with E-state index in [-0.39, 0.29) is 0 Å². The zero-order valence-electron chi connectivity index (χ0n) is 8.48. The molecule has 1 aromatic rings. The molecule has 0 bridgehead atoms. The molecule has 0 aliphatic carbocycles. The molecule has 14 heavy (non-hydrogen) atoms. The van der Waals surface area contributed by atoms with Crippen molar-refractivity contribution in [3.63, 3.8) is 0 Å². The molecule has 78 valence electrons. The van der Waals surface area contributed by atoms with E-state index >= 15 is 0 Å². The average molecular weight is 277 g/mol. The summed E-state index contributed by atoms with van der Waals surface area (Å²) in [6.07, 6.45) is 1.15. The topological polar surface area (TPSA) is 12.0 Å². The lowest BCUT2D eigenvalue weighted by Crippen LogP contribution is -2.24. The molecule has 0 aliphatic rings. The van der Waals surface area contributed by atoms with Crippen molar-refractivity contribution in [3.05, 3.63) is 33.3 Å². The average Bonchev–Trinajstić information content (AvgIpc) is 2.19. The molecule has 0 amide bonds. The molecule has 0 fully saturated rings. The first-order chi connectivity index (χ1) is 6.63. The first-order valence-corrected chi connectivity index (χ1v) is 5.98. The minimum atomic E-state index is 0.560. The van der Waals surface area contributed by atoms with Crippen molar-refractivity contribution in [2.24, 2.45) is 0 Å². The lowest BCUT2D eigenvalue weighted by atomic mass is 10.2. The van der Waals surface area contributed by atoms with Crippen LogP contribution >= 0.6 is 27.5 Å². The van der Waals surface area contributed by atoms with Crippen LogP contribution < -0.4 is 5.32 Å². The third-order valence-electron chi connectivity index (χ3n) is 2.25. The van der Waals surface area contributed by atoms with Gasteiger partial charge in [-0.25, -0.2) is 0 Å². The fourth-order valence-electron chi connectivity index (χ4n) is 1.09. The molecule has 0 aliphatic heterocycles. The van der Waals surface area contributed by atoms with Crippen LogP contribution in [0.1, 0.15) is 25.8 Å². The number of halogens is 2. The van der Waals surface area contributed by atoms with E-state index in [2.05, 4.69) is 41.2 Å². The Morgan fingerprint density at radius 2 is 2.21 bits per heavy atom. The second-order valence-electron chi connectivity index (χ2n) is 3.44. The van der Waals surface area contributed by atoms with E-state index in [4.69, 9.17) is 11.6 Å². The van der Waals surface area contributed by atoms with Gasteiger partial charge in [0, 0.05) is 17.1 Å². The molecule has 1 nitrogen and oxygen atoms in total. The van der Waals surface area contributed by atoms with Gasteiger partial charge in [-0.2, -0.15) is 0 Å². The first kappa shape index (κ1) is 12.0. The lowest BCUT2D eigenvalue weighted by molar-refractivity contribution is 0.534. The van der Waals surface area contributed by atoms with Crippen molar-refractivity contribution in [1.82, 2.24) is 5.32 Å². The number of benzene rings is 1. The van der Waals surface area contributed by atoms with E-state index in [1.54, 1.807) is 0 Å². The second kappa shape index (κ2) is 5.74. The van der Waals surface area contributed by atoms with Crippen LogP contribution in [0.3, 0.4) is 0 Å².